The summed E-state index contributed by atoms with van der Waals surface area (Å²) in [6.07, 6.45) is 8.00. The molecule has 2 atom stereocenters. The van der Waals surface area contributed by atoms with E-state index in [2.05, 4.69) is 19.6 Å². The molecule has 0 aliphatic heterocycles. The van der Waals surface area contributed by atoms with Crippen molar-refractivity contribution in [3.05, 3.63) is 35.9 Å². The van der Waals surface area contributed by atoms with E-state index < -0.39 is 0 Å². The van der Waals surface area contributed by atoms with Crippen molar-refractivity contribution in [3.8, 4) is 0 Å². The second kappa shape index (κ2) is 3.07. The number of hydrogen-bond acceptors (Lipinski definition) is 0. The normalized spacial score (nSPS) is 31.6. The van der Waals surface area contributed by atoms with E-state index in [0.717, 1.165) is 5.03 Å². The Morgan fingerprint density at radius 1 is 1.70 bits per heavy atom. The van der Waals surface area contributed by atoms with E-state index in [1.54, 1.807) is 0 Å². The van der Waals surface area contributed by atoms with E-state index >= 15 is 0 Å². The smallest absolute Gasteiger partial charge is 0.0369 e. The lowest BCUT2D eigenvalue weighted by Gasteiger charge is -2.16. The molecule has 0 saturated carbocycles. The molecule has 1 rings (SSSR count). The van der Waals surface area contributed by atoms with Crippen LogP contribution < -0.4 is 0 Å². The highest BCUT2D eigenvalue weighted by atomic mass is 35.5. The van der Waals surface area contributed by atoms with Crippen molar-refractivity contribution in [2.75, 3.05) is 0 Å². The van der Waals surface area contributed by atoms with Crippen LogP contribution in [0.4, 0.5) is 0 Å². The van der Waals surface area contributed by atoms with Gasteiger partial charge in [-0.25, -0.2) is 0 Å². The summed E-state index contributed by atoms with van der Waals surface area (Å²) in [6, 6.07) is 0. The summed E-state index contributed by atoms with van der Waals surface area (Å²) in [6.45, 7) is 5.89. The first kappa shape index (κ1) is 7.62. The molecule has 0 aromatic carbocycles. The van der Waals surface area contributed by atoms with Gasteiger partial charge in [0.1, 0.15) is 0 Å². The van der Waals surface area contributed by atoms with Gasteiger partial charge in [-0.2, -0.15) is 0 Å². The van der Waals surface area contributed by atoms with Crippen molar-refractivity contribution in [2.45, 2.75) is 6.92 Å². The Labute approximate surface area is 66.9 Å². The van der Waals surface area contributed by atoms with Gasteiger partial charge in [-0.1, -0.05) is 36.8 Å². The Bertz CT molecular complexity index is 189. The quantitative estimate of drug-likeness (QED) is 0.509. The maximum absolute atomic E-state index is 5.78. The highest BCUT2D eigenvalue weighted by Crippen LogP contribution is 2.24. The molecule has 0 amide bonds. The minimum atomic E-state index is 0.414. The lowest BCUT2D eigenvalue weighted by molar-refractivity contribution is 0.605. The largest absolute Gasteiger partial charge is 0.102 e. The maximum atomic E-state index is 5.78. The molecule has 1 aliphatic rings. The molecule has 1 aliphatic carbocycles. The molecule has 0 nitrogen and oxygen atoms in total. The number of allylic oxidation sites excluding steroid dienone is 5. The van der Waals surface area contributed by atoms with Crippen molar-refractivity contribution in [2.24, 2.45) is 11.8 Å². The molecule has 0 spiro atoms. The van der Waals surface area contributed by atoms with Crippen LogP contribution in [0.1, 0.15) is 6.92 Å². The Balaban J connectivity index is 2.76. The third kappa shape index (κ3) is 1.51. The molecule has 0 saturated heterocycles. The minimum absolute atomic E-state index is 0.414. The van der Waals surface area contributed by atoms with Gasteiger partial charge in [0.2, 0.25) is 0 Å². The van der Waals surface area contributed by atoms with Gasteiger partial charge in [-0.15, -0.1) is 6.58 Å². The molecule has 10 heavy (non-hydrogen) atoms. The summed E-state index contributed by atoms with van der Waals surface area (Å²) in [5, 5.41) is 0.822. The third-order valence-electron chi connectivity index (χ3n) is 1.79. The highest BCUT2D eigenvalue weighted by Gasteiger charge is 2.11. The standard InChI is InChI=1S/C9H11Cl/c1-3-8-6-9(10)5-4-7(8)2/h3-8H,1H2,2H3. The summed E-state index contributed by atoms with van der Waals surface area (Å²) >= 11 is 5.78. The zero-order valence-corrected chi connectivity index (χ0v) is 6.81. The van der Waals surface area contributed by atoms with Crippen LogP contribution in [0, 0.1) is 11.8 Å². The van der Waals surface area contributed by atoms with E-state index in [-0.39, 0.29) is 0 Å². The second-order valence-electron chi connectivity index (χ2n) is 2.58. The van der Waals surface area contributed by atoms with E-state index in [9.17, 15) is 0 Å². The molecule has 0 radical (unpaired) electrons. The number of halogens is 1. The topological polar surface area (TPSA) is 0 Å². The molecule has 0 N–H and O–H groups in total. The summed E-state index contributed by atoms with van der Waals surface area (Å²) in [4.78, 5) is 0. The molecule has 0 fully saturated rings. The summed E-state index contributed by atoms with van der Waals surface area (Å²) in [5.41, 5.74) is 0. The zero-order chi connectivity index (χ0) is 7.56. The van der Waals surface area contributed by atoms with E-state index in [0.29, 0.717) is 11.8 Å². The Morgan fingerprint density at radius 2 is 2.40 bits per heavy atom. The summed E-state index contributed by atoms with van der Waals surface area (Å²) < 4.78 is 0. The molecule has 0 aromatic rings. The average molecular weight is 155 g/mol. The zero-order valence-electron chi connectivity index (χ0n) is 6.05. The van der Waals surface area contributed by atoms with E-state index in [1.165, 1.54) is 0 Å². The van der Waals surface area contributed by atoms with Crippen molar-refractivity contribution in [1.29, 1.82) is 0 Å². The Kier molecular flexibility index (Phi) is 2.34. The van der Waals surface area contributed by atoms with Crippen molar-refractivity contribution < 1.29 is 0 Å². The predicted molar refractivity (Wildman–Crippen MR) is 45.9 cm³/mol. The lowest BCUT2D eigenvalue weighted by Crippen LogP contribution is -2.06. The van der Waals surface area contributed by atoms with Gasteiger partial charge in [-0.3, -0.25) is 0 Å². The van der Waals surface area contributed by atoms with E-state index in [1.807, 2.05) is 18.2 Å². The van der Waals surface area contributed by atoms with Crippen LogP contribution in [0.2, 0.25) is 0 Å². The van der Waals surface area contributed by atoms with Gasteiger partial charge in [0.25, 0.3) is 0 Å². The molecular weight excluding hydrogens is 144 g/mol. The Hall–Kier alpha value is -0.490. The first-order valence-electron chi connectivity index (χ1n) is 3.42. The fraction of sp³-hybridized carbons (Fsp3) is 0.333. The van der Waals surface area contributed by atoms with Crippen LogP contribution in [0.15, 0.2) is 35.9 Å². The van der Waals surface area contributed by atoms with Crippen molar-refractivity contribution in [3.63, 3.8) is 0 Å². The van der Waals surface area contributed by atoms with Gasteiger partial charge < -0.3 is 0 Å². The van der Waals surface area contributed by atoms with Crippen molar-refractivity contribution >= 4 is 11.6 Å². The van der Waals surface area contributed by atoms with Crippen LogP contribution in [-0.4, -0.2) is 0 Å². The maximum Gasteiger partial charge on any atom is 0.0369 e. The minimum Gasteiger partial charge on any atom is -0.102 e. The molecule has 0 bridgehead atoms. The van der Waals surface area contributed by atoms with E-state index in [4.69, 9.17) is 11.6 Å². The van der Waals surface area contributed by atoms with Gasteiger partial charge in [0.05, 0.1) is 0 Å². The van der Waals surface area contributed by atoms with Crippen LogP contribution in [0.5, 0.6) is 0 Å². The first-order valence-corrected chi connectivity index (χ1v) is 3.80. The molecule has 54 valence electrons. The summed E-state index contributed by atoms with van der Waals surface area (Å²) in [5.74, 6) is 0.956. The third-order valence-corrected chi connectivity index (χ3v) is 2.04. The average Bonchev–Trinajstić information content (AvgIpc) is 1.94. The van der Waals surface area contributed by atoms with Gasteiger partial charge in [-0.05, 0) is 12.0 Å². The Morgan fingerprint density at radius 3 is 2.90 bits per heavy atom. The predicted octanol–water partition coefficient (Wildman–Crippen LogP) is 3.12. The second-order valence-corrected chi connectivity index (χ2v) is 3.02. The monoisotopic (exact) mass is 154 g/mol. The molecule has 0 heterocycles. The van der Waals surface area contributed by atoms with Crippen LogP contribution in [-0.2, 0) is 0 Å². The fourth-order valence-corrected chi connectivity index (χ4v) is 1.26. The van der Waals surface area contributed by atoms with Gasteiger partial charge in [0.15, 0.2) is 0 Å². The van der Waals surface area contributed by atoms with Gasteiger partial charge >= 0.3 is 0 Å². The highest BCUT2D eigenvalue weighted by molar-refractivity contribution is 6.31. The molecule has 1 heteroatoms. The van der Waals surface area contributed by atoms with Gasteiger partial charge in [0, 0.05) is 11.0 Å². The van der Waals surface area contributed by atoms with Crippen LogP contribution in [0.3, 0.4) is 0 Å². The van der Waals surface area contributed by atoms with Crippen LogP contribution >= 0.6 is 11.6 Å². The van der Waals surface area contributed by atoms with Crippen LogP contribution in [0.25, 0.3) is 0 Å². The molecular formula is C9H11Cl. The first-order chi connectivity index (χ1) is 4.74. The number of rotatable bonds is 1. The molecule has 0 aromatic heterocycles. The fourth-order valence-electron chi connectivity index (χ4n) is 1.05. The summed E-state index contributed by atoms with van der Waals surface area (Å²) in [7, 11) is 0. The SMILES string of the molecule is C=CC1C=C(Cl)C=CC1C. The molecule has 2 unspecified atom stereocenters. The van der Waals surface area contributed by atoms with Crippen molar-refractivity contribution in [1.82, 2.24) is 0 Å². The number of hydrogen-bond donors (Lipinski definition) is 0. The lowest BCUT2D eigenvalue weighted by atomic mass is 9.90.